The van der Waals surface area contributed by atoms with Crippen molar-refractivity contribution < 1.29 is 115 Å². The molecule has 0 aromatic carbocycles. The average molecular weight is 1140 g/mol. The summed E-state index contributed by atoms with van der Waals surface area (Å²) in [4.78, 5) is 14.4. The monoisotopic (exact) mass is 1140 g/mol. The first-order chi connectivity index (χ1) is 36.6. The summed E-state index contributed by atoms with van der Waals surface area (Å²) in [6.07, 6.45) is -20.7. The van der Waals surface area contributed by atoms with Crippen molar-refractivity contribution in [2.75, 3.05) is 33.5 Å². The molecule has 8 fully saturated rings. The van der Waals surface area contributed by atoms with Crippen LogP contribution in [0.15, 0.2) is 23.8 Å². The Hall–Kier alpha value is -1.90. The lowest BCUT2D eigenvalue weighted by Gasteiger charge is -2.64. The predicted molar refractivity (Wildman–Crippen MR) is 266 cm³/mol. The number of aliphatic hydroxyl groups is 9. The summed E-state index contributed by atoms with van der Waals surface area (Å²) in [6.45, 7) is 14.3. The summed E-state index contributed by atoms with van der Waals surface area (Å²) in [6, 6.07) is 0. The van der Waals surface area contributed by atoms with E-state index in [1.54, 1.807) is 0 Å². The molecule has 0 amide bonds. The van der Waals surface area contributed by atoms with Gasteiger partial charge < -0.3 is 93.3 Å². The molecule has 5 saturated heterocycles. The smallest absolute Gasteiger partial charge is 0.397 e. The number of hydrogen-bond donors (Lipinski definition) is 10. The molecule has 0 bridgehead atoms. The standard InChI is InChI=1S/C53H84O24S/c1-24(2)10-9-16-52(7)32-14-18-51(6)26-11-12-31-49(3,4)33(15-17-50(31,5)25(26)13-19-53(32,51)48(63)76-52)72-47-43(35(58)30(23-69-47)77-78(64,65)66)75-45-37(60)36(59)41(29(21-55)71-45)74-44-38(61)40(27(56)22-68-44)73-46-39(62)42(67-8)34(57)28(20-54)70-46/h11,25,27-47,54-62H,1,9-10,12-23H2,2-8H3,(H,64,65,66). The Labute approximate surface area is 455 Å². The minimum atomic E-state index is -5.17. The molecule has 9 rings (SSSR count). The fourth-order valence-electron chi connectivity index (χ4n) is 16.0. The van der Waals surface area contributed by atoms with Crippen molar-refractivity contribution in [3.63, 3.8) is 0 Å². The van der Waals surface area contributed by atoms with E-state index in [9.17, 15) is 63.7 Å². The molecule has 0 aromatic heterocycles. The van der Waals surface area contributed by atoms with E-state index < -0.39 is 170 Å². The van der Waals surface area contributed by atoms with Gasteiger partial charge in [0, 0.05) is 18.4 Å². The molecule has 9 aliphatic rings. The topological polar surface area (TPSA) is 355 Å². The van der Waals surface area contributed by atoms with Crippen molar-refractivity contribution in [3.05, 3.63) is 23.8 Å². The van der Waals surface area contributed by atoms with Crippen LogP contribution in [0, 0.1) is 39.4 Å². The molecule has 5 aliphatic heterocycles. The minimum Gasteiger partial charge on any atom is -0.459 e. The number of methoxy groups -OCH3 is 1. The molecular weight excluding hydrogens is 1050 g/mol. The van der Waals surface area contributed by atoms with E-state index in [1.807, 2.05) is 6.92 Å². The summed E-state index contributed by atoms with van der Waals surface area (Å²) in [5.41, 5.74) is 0.151. The SMILES string of the molecule is C=C(C)CCCC1(C)OC(=O)C23CCC4C(=CCC5C(C)(C)C(OC6OCC(OS(=O)(=O)O)C(O)C6OC6OC(CO)C(OC7OCC(O)C(OC8OC(CO)C(O)C(OC)C8O)C7O)C(O)C6O)CCC45C)C2(C)CCC13. The molecule has 5 heterocycles. The van der Waals surface area contributed by atoms with Crippen molar-refractivity contribution in [3.8, 4) is 0 Å². The third kappa shape index (κ3) is 10.4. The van der Waals surface area contributed by atoms with Crippen LogP contribution in [0.1, 0.15) is 106 Å². The van der Waals surface area contributed by atoms with Gasteiger partial charge >= 0.3 is 16.4 Å². The average Bonchev–Trinajstić information content (AvgIpc) is 2.57. The Balaban J connectivity index is 0.897. The van der Waals surface area contributed by atoms with Crippen molar-refractivity contribution >= 4 is 16.4 Å². The Bertz CT molecular complexity index is 2300. The van der Waals surface area contributed by atoms with E-state index in [4.69, 9.17) is 51.6 Å². The Kier molecular flexibility index (Phi) is 17.6. The highest BCUT2D eigenvalue weighted by molar-refractivity contribution is 7.80. The fourth-order valence-corrected chi connectivity index (χ4v) is 16.5. The van der Waals surface area contributed by atoms with Crippen LogP contribution < -0.4 is 0 Å². The van der Waals surface area contributed by atoms with Crippen LogP contribution in [-0.4, -0.2) is 221 Å². The second-order valence-corrected chi connectivity index (χ2v) is 25.9. The van der Waals surface area contributed by atoms with E-state index in [-0.39, 0.29) is 34.6 Å². The number of allylic oxidation sites excluding steroid dienone is 3. The lowest BCUT2D eigenvalue weighted by atomic mass is 9.41. The van der Waals surface area contributed by atoms with Crippen molar-refractivity contribution in [2.45, 2.75) is 228 Å². The first-order valence-electron chi connectivity index (χ1n) is 27.5. The van der Waals surface area contributed by atoms with E-state index in [2.05, 4.69) is 47.3 Å². The van der Waals surface area contributed by atoms with E-state index in [1.165, 1.54) is 12.7 Å². The lowest BCUT2D eigenvalue weighted by molar-refractivity contribution is -0.385. The maximum atomic E-state index is 14.4. The highest BCUT2D eigenvalue weighted by atomic mass is 32.3. The second kappa shape index (κ2) is 22.6. The van der Waals surface area contributed by atoms with Gasteiger partial charge in [0.2, 0.25) is 0 Å². The molecule has 3 saturated carbocycles. The van der Waals surface area contributed by atoms with Crippen LogP contribution in [0.25, 0.3) is 0 Å². The van der Waals surface area contributed by atoms with Gasteiger partial charge in [0.25, 0.3) is 0 Å². The molecule has 0 aromatic rings. The molecule has 24 nitrogen and oxygen atoms in total. The zero-order valence-electron chi connectivity index (χ0n) is 45.5. The first-order valence-corrected chi connectivity index (χ1v) is 28.9. The van der Waals surface area contributed by atoms with E-state index in [0.29, 0.717) is 12.8 Å². The van der Waals surface area contributed by atoms with Crippen LogP contribution in [-0.2, 0) is 66.7 Å². The number of cyclic esters (lactones) is 1. The summed E-state index contributed by atoms with van der Waals surface area (Å²) >= 11 is 0. The van der Waals surface area contributed by atoms with Gasteiger partial charge in [-0.2, -0.15) is 8.42 Å². The number of carbonyl (C=O) groups excluding carboxylic acids is 1. The number of fused-ring (bicyclic) bond motifs is 4. The van der Waals surface area contributed by atoms with Gasteiger partial charge in [0.15, 0.2) is 25.2 Å². The number of carbonyl (C=O) groups is 1. The zero-order chi connectivity index (χ0) is 56.8. The predicted octanol–water partition coefficient (Wildman–Crippen LogP) is 0.0507. The second-order valence-electron chi connectivity index (χ2n) is 24.9. The summed E-state index contributed by atoms with van der Waals surface area (Å²) in [5.74, 6) is 0.273. The number of rotatable bonds is 17. The summed E-state index contributed by atoms with van der Waals surface area (Å²) in [7, 11) is -3.97. The molecule has 78 heavy (non-hydrogen) atoms. The van der Waals surface area contributed by atoms with Crippen LogP contribution >= 0.6 is 0 Å². The third-order valence-electron chi connectivity index (χ3n) is 20.1. The van der Waals surface area contributed by atoms with Gasteiger partial charge in [-0.05, 0) is 101 Å². The largest absolute Gasteiger partial charge is 0.459 e. The van der Waals surface area contributed by atoms with Gasteiger partial charge in [-0.1, -0.05) is 44.9 Å². The van der Waals surface area contributed by atoms with Crippen molar-refractivity contribution in [1.82, 2.24) is 0 Å². The Morgan fingerprint density at radius 3 is 2.03 bits per heavy atom. The maximum absolute atomic E-state index is 14.4. The third-order valence-corrected chi connectivity index (χ3v) is 20.6. The molecule has 446 valence electrons. The molecule has 26 atom stereocenters. The minimum absolute atomic E-state index is 0.0549. The zero-order valence-corrected chi connectivity index (χ0v) is 46.3. The first kappa shape index (κ1) is 60.7. The molecule has 10 N–H and O–H groups in total. The Morgan fingerprint density at radius 2 is 1.36 bits per heavy atom. The number of ether oxygens (including phenoxy) is 10. The summed E-state index contributed by atoms with van der Waals surface area (Å²) in [5, 5.41) is 98.9. The quantitative estimate of drug-likeness (QED) is 0.0523. The van der Waals surface area contributed by atoms with Crippen LogP contribution in [0.3, 0.4) is 0 Å². The number of esters is 1. The van der Waals surface area contributed by atoms with Gasteiger partial charge in [0.1, 0.15) is 91.1 Å². The molecule has 26 unspecified atom stereocenters. The van der Waals surface area contributed by atoms with E-state index in [0.717, 1.165) is 56.9 Å². The maximum Gasteiger partial charge on any atom is 0.397 e. The van der Waals surface area contributed by atoms with Gasteiger partial charge in [-0.25, -0.2) is 4.18 Å². The molecule has 1 spiro atoms. The summed E-state index contributed by atoms with van der Waals surface area (Å²) < 4.78 is 97.7. The highest BCUT2D eigenvalue weighted by Crippen LogP contribution is 2.76. The molecule has 25 heteroatoms. The highest BCUT2D eigenvalue weighted by Gasteiger charge is 2.76. The molecular formula is C53H84O24S. The van der Waals surface area contributed by atoms with Crippen LogP contribution in [0.2, 0.25) is 0 Å². The normalized spacial score (nSPS) is 50.2. The van der Waals surface area contributed by atoms with Crippen molar-refractivity contribution in [1.29, 1.82) is 0 Å². The Morgan fingerprint density at radius 1 is 0.718 bits per heavy atom. The molecule has 0 radical (unpaired) electrons. The number of aliphatic hydroxyl groups excluding tert-OH is 9. The van der Waals surface area contributed by atoms with Crippen molar-refractivity contribution in [2.24, 2.45) is 39.4 Å². The fraction of sp³-hybridized carbons (Fsp3) is 0.906. The van der Waals surface area contributed by atoms with Crippen LogP contribution in [0.4, 0.5) is 0 Å². The van der Waals surface area contributed by atoms with Gasteiger partial charge in [-0.15, -0.1) is 6.58 Å². The van der Waals surface area contributed by atoms with Crippen LogP contribution in [0.5, 0.6) is 0 Å². The molecule has 4 aliphatic carbocycles. The lowest BCUT2D eigenvalue weighted by Crippen LogP contribution is -2.66. The van der Waals surface area contributed by atoms with E-state index >= 15 is 0 Å². The number of hydrogen-bond acceptors (Lipinski definition) is 23. The van der Waals surface area contributed by atoms with Gasteiger partial charge in [0.05, 0.1) is 37.9 Å². The van der Waals surface area contributed by atoms with Gasteiger partial charge in [-0.3, -0.25) is 9.35 Å².